The van der Waals surface area contributed by atoms with E-state index in [0.717, 1.165) is 23.2 Å². The number of rotatable bonds is 3. The molecule has 2 atom stereocenters. The third-order valence-corrected chi connectivity index (χ3v) is 3.67. The number of hydrogen-bond donors (Lipinski definition) is 1. The SMILES string of the molecule is CC1=CC(C)CC(CNc2ccccc2Cl)C1. The van der Waals surface area contributed by atoms with E-state index in [1.807, 2.05) is 24.3 Å². The fraction of sp³-hybridized carbons (Fsp3) is 0.467. The van der Waals surface area contributed by atoms with Crippen LogP contribution in [0.25, 0.3) is 0 Å². The number of allylic oxidation sites excluding steroid dienone is 2. The van der Waals surface area contributed by atoms with Gasteiger partial charge in [0, 0.05) is 6.54 Å². The van der Waals surface area contributed by atoms with Crippen molar-refractivity contribution in [2.45, 2.75) is 26.7 Å². The van der Waals surface area contributed by atoms with Crippen LogP contribution in [-0.4, -0.2) is 6.54 Å². The highest BCUT2D eigenvalue weighted by molar-refractivity contribution is 6.33. The first-order valence-electron chi connectivity index (χ1n) is 6.31. The van der Waals surface area contributed by atoms with E-state index in [0.29, 0.717) is 5.92 Å². The highest BCUT2D eigenvalue weighted by Gasteiger charge is 2.17. The van der Waals surface area contributed by atoms with Crippen LogP contribution in [0.2, 0.25) is 5.02 Å². The quantitative estimate of drug-likeness (QED) is 0.763. The van der Waals surface area contributed by atoms with Gasteiger partial charge in [0.15, 0.2) is 0 Å². The molecule has 0 heterocycles. The third kappa shape index (κ3) is 3.50. The standard InChI is InChI=1S/C15H20ClN/c1-11-7-12(2)9-13(8-11)10-17-15-6-4-3-5-14(15)16/h3-7,11,13,17H,8-10H2,1-2H3. The summed E-state index contributed by atoms with van der Waals surface area (Å²) < 4.78 is 0. The predicted molar refractivity (Wildman–Crippen MR) is 75.6 cm³/mol. The number of para-hydroxylation sites is 1. The monoisotopic (exact) mass is 249 g/mol. The molecule has 0 bridgehead atoms. The molecule has 1 N–H and O–H groups in total. The first kappa shape index (κ1) is 12.5. The van der Waals surface area contributed by atoms with Crippen LogP contribution in [0.4, 0.5) is 5.69 Å². The minimum atomic E-state index is 0.710. The van der Waals surface area contributed by atoms with Crippen molar-refractivity contribution in [1.29, 1.82) is 0 Å². The predicted octanol–water partition coefficient (Wildman–Crippen LogP) is 4.74. The minimum absolute atomic E-state index is 0.710. The highest BCUT2D eigenvalue weighted by Crippen LogP contribution is 2.29. The summed E-state index contributed by atoms with van der Waals surface area (Å²) in [5.41, 5.74) is 2.57. The second-order valence-corrected chi connectivity index (χ2v) is 5.56. The summed E-state index contributed by atoms with van der Waals surface area (Å²) in [6, 6.07) is 7.95. The molecule has 2 heteroatoms. The normalized spacial score (nSPS) is 24.3. The van der Waals surface area contributed by atoms with Crippen LogP contribution in [0.5, 0.6) is 0 Å². The van der Waals surface area contributed by atoms with Crippen molar-refractivity contribution in [2.24, 2.45) is 11.8 Å². The van der Waals surface area contributed by atoms with Crippen molar-refractivity contribution in [3.8, 4) is 0 Å². The van der Waals surface area contributed by atoms with Gasteiger partial charge in [-0.3, -0.25) is 0 Å². The van der Waals surface area contributed by atoms with Gasteiger partial charge in [0.2, 0.25) is 0 Å². The van der Waals surface area contributed by atoms with Crippen LogP contribution in [0.15, 0.2) is 35.9 Å². The molecule has 92 valence electrons. The average Bonchev–Trinajstić information content (AvgIpc) is 2.27. The lowest BCUT2D eigenvalue weighted by Crippen LogP contribution is -2.20. The van der Waals surface area contributed by atoms with E-state index in [-0.39, 0.29) is 0 Å². The largest absolute Gasteiger partial charge is 0.384 e. The Kier molecular flexibility index (Phi) is 4.11. The topological polar surface area (TPSA) is 12.0 Å². The molecule has 1 aromatic rings. The maximum absolute atomic E-state index is 6.13. The molecule has 0 saturated heterocycles. The Labute approximate surface area is 109 Å². The third-order valence-electron chi connectivity index (χ3n) is 3.34. The van der Waals surface area contributed by atoms with Crippen molar-refractivity contribution in [3.05, 3.63) is 40.9 Å². The van der Waals surface area contributed by atoms with Gasteiger partial charge in [0.05, 0.1) is 10.7 Å². The molecule has 1 aliphatic rings. The molecule has 0 aliphatic heterocycles. The molecule has 0 saturated carbocycles. The van der Waals surface area contributed by atoms with E-state index in [1.165, 1.54) is 18.4 Å². The molecular weight excluding hydrogens is 230 g/mol. The Bertz CT molecular complexity index is 411. The van der Waals surface area contributed by atoms with E-state index < -0.39 is 0 Å². The van der Waals surface area contributed by atoms with Gasteiger partial charge < -0.3 is 5.32 Å². The summed E-state index contributed by atoms with van der Waals surface area (Å²) in [6.45, 7) is 5.54. The van der Waals surface area contributed by atoms with Crippen LogP contribution in [0, 0.1) is 11.8 Å². The lowest BCUT2D eigenvalue weighted by Gasteiger charge is -2.26. The van der Waals surface area contributed by atoms with Gasteiger partial charge >= 0.3 is 0 Å². The van der Waals surface area contributed by atoms with Gasteiger partial charge in [-0.1, -0.05) is 42.3 Å². The summed E-state index contributed by atoms with van der Waals surface area (Å²) in [4.78, 5) is 0. The molecule has 2 unspecified atom stereocenters. The van der Waals surface area contributed by atoms with E-state index >= 15 is 0 Å². The lowest BCUT2D eigenvalue weighted by molar-refractivity contribution is 0.421. The second-order valence-electron chi connectivity index (χ2n) is 5.16. The van der Waals surface area contributed by atoms with Crippen molar-refractivity contribution in [1.82, 2.24) is 0 Å². The Morgan fingerprint density at radius 1 is 1.35 bits per heavy atom. The first-order valence-corrected chi connectivity index (χ1v) is 6.68. The summed E-state index contributed by atoms with van der Waals surface area (Å²) >= 11 is 6.13. The Morgan fingerprint density at radius 2 is 2.12 bits per heavy atom. The van der Waals surface area contributed by atoms with Crippen molar-refractivity contribution in [2.75, 3.05) is 11.9 Å². The zero-order chi connectivity index (χ0) is 12.3. The molecule has 0 fully saturated rings. The molecule has 0 aromatic heterocycles. The second kappa shape index (κ2) is 5.59. The van der Waals surface area contributed by atoms with E-state index in [2.05, 4.69) is 25.2 Å². The van der Waals surface area contributed by atoms with E-state index in [9.17, 15) is 0 Å². The maximum atomic E-state index is 6.13. The van der Waals surface area contributed by atoms with Crippen LogP contribution in [0.1, 0.15) is 26.7 Å². The molecule has 0 radical (unpaired) electrons. The van der Waals surface area contributed by atoms with Crippen LogP contribution < -0.4 is 5.32 Å². The fourth-order valence-electron chi connectivity index (χ4n) is 2.70. The Balaban J connectivity index is 1.91. The number of anilines is 1. The van der Waals surface area contributed by atoms with Gasteiger partial charge in [0.1, 0.15) is 0 Å². The molecule has 2 rings (SSSR count). The lowest BCUT2D eigenvalue weighted by atomic mass is 9.84. The summed E-state index contributed by atoms with van der Waals surface area (Å²) in [5.74, 6) is 1.44. The van der Waals surface area contributed by atoms with Crippen molar-refractivity contribution < 1.29 is 0 Å². The minimum Gasteiger partial charge on any atom is -0.384 e. The van der Waals surface area contributed by atoms with Gasteiger partial charge in [0.25, 0.3) is 0 Å². The zero-order valence-electron chi connectivity index (χ0n) is 10.5. The molecule has 0 amide bonds. The van der Waals surface area contributed by atoms with Crippen LogP contribution in [0.3, 0.4) is 0 Å². The first-order chi connectivity index (χ1) is 8.15. The highest BCUT2D eigenvalue weighted by atomic mass is 35.5. The van der Waals surface area contributed by atoms with Crippen molar-refractivity contribution in [3.63, 3.8) is 0 Å². The van der Waals surface area contributed by atoms with E-state index in [4.69, 9.17) is 11.6 Å². The number of halogens is 1. The Hall–Kier alpha value is -0.950. The van der Waals surface area contributed by atoms with Gasteiger partial charge in [-0.05, 0) is 43.7 Å². The van der Waals surface area contributed by atoms with Crippen LogP contribution in [-0.2, 0) is 0 Å². The van der Waals surface area contributed by atoms with Crippen molar-refractivity contribution >= 4 is 17.3 Å². The molecule has 17 heavy (non-hydrogen) atoms. The fourth-order valence-corrected chi connectivity index (χ4v) is 2.90. The smallest absolute Gasteiger partial charge is 0.0637 e. The molecule has 1 aliphatic carbocycles. The summed E-state index contributed by atoms with van der Waals surface area (Å²) in [5, 5.41) is 4.27. The number of hydrogen-bond acceptors (Lipinski definition) is 1. The summed E-state index contributed by atoms with van der Waals surface area (Å²) in [6.07, 6.45) is 4.88. The average molecular weight is 250 g/mol. The van der Waals surface area contributed by atoms with E-state index in [1.54, 1.807) is 0 Å². The van der Waals surface area contributed by atoms with Gasteiger partial charge in [-0.2, -0.15) is 0 Å². The molecule has 1 nitrogen and oxygen atoms in total. The number of benzene rings is 1. The molecular formula is C15H20ClN. The Morgan fingerprint density at radius 3 is 2.82 bits per heavy atom. The number of nitrogens with one attached hydrogen (secondary N) is 1. The maximum Gasteiger partial charge on any atom is 0.0637 e. The van der Waals surface area contributed by atoms with Gasteiger partial charge in [-0.25, -0.2) is 0 Å². The summed E-state index contributed by atoms with van der Waals surface area (Å²) in [7, 11) is 0. The zero-order valence-corrected chi connectivity index (χ0v) is 11.3. The van der Waals surface area contributed by atoms with Gasteiger partial charge in [-0.15, -0.1) is 0 Å². The molecule has 0 spiro atoms. The van der Waals surface area contributed by atoms with Crippen LogP contribution >= 0.6 is 11.6 Å². The molecule has 1 aromatic carbocycles.